The molecule has 1 saturated carbocycles. The number of guanidine groups is 1. The molecule has 2 rings (SSSR count). The van der Waals surface area contributed by atoms with Crippen molar-refractivity contribution in [1.29, 1.82) is 0 Å². The minimum atomic E-state index is 0.871. The molecule has 0 radical (unpaired) electrons. The Hall–Kier alpha value is -1.78. The minimum Gasteiger partial charge on any atom is -0.370 e. The van der Waals surface area contributed by atoms with E-state index in [1.54, 1.807) is 6.20 Å². The van der Waals surface area contributed by atoms with Gasteiger partial charge in [-0.1, -0.05) is 6.07 Å². The summed E-state index contributed by atoms with van der Waals surface area (Å²) >= 11 is 0. The highest BCUT2D eigenvalue weighted by atomic mass is 15.2. The van der Waals surface area contributed by atoms with Gasteiger partial charge in [-0.2, -0.15) is 0 Å². The Labute approximate surface area is 121 Å². The third-order valence-corrected chi connectivity index (χ3v) is 3.35. The topological polar surface area (TPSA) is 61.3 Å². The molecule has 0 bridgehead atoms. The number of unbranched alkanes of at least 4 members (excludes halogenated alkanes) is 1. The molecular weight excluding hydrogens is 250 g/mol. The van der Waals surface area contributed by atoms with Gasteiger partial charge < -0.3 is 16.0 Å². The van der Waals surface area contributed by atoms with Gasteiger partial charge in [-0.05, 0) is 43.7 Å². The van der Waals surface area contributed by atoms with Crippen molar-refractivity contribution in [2.45, 2.75) is 25.7 Å². The predicted molar refractivity (Wildman–Crippen MR) is 84.0 cm³/mol. The Morgan fingerprint density at radius 1 is 1.25 bits per heavy atom. The summed E-state index contributed by atoms with van der Waals surface area (Å²) in [6, 6.07) is 5.91. The summed E-state index contributed by atoms with van der Waals surface area (Å²) in [5.74, 6) is 2.74. The van der Waals surface area contributed by atoms with Crippen LogP contribution in [0.15, 0.2) is 29.4 Å². The highest BCUT2D eigenvalue weighted by molar-refractivity contribution is 5.79. The van der Waals surface area contributed by atoms with E-state index >= 15 is 0 Å². The molecule has 110 valence electrons. The summed E-state index contributed by atoms with van der Waals surface area (Å²) in [6.07, 6.45) is 6.76. The first kappa shape index (κ1) is 14.6. The van der Waals surface area contributed by atoms with E-state index in [1.165, 1.54) is 12.8 Å². The molecule has 1 heterocycles. The maximum absolute atomic E-state index is 4.23. The zero-order valence-corrected chi connectivity index (χ0v) is 12.2. The third kappa shape index (κ3) is 5.91. The van der Waals surface area contributed by atoms with Crippen LogP contribution in [0.2, 0.25) is 0 Å². The number of aromatic nitrogens is 1. The van der Waals surface area contributed by atoms with Crippen LogP contribution in [0.1, 0.15) is 25.7 Å². The van der Waals surface area contributed by atoms with E-state index < -0.39 is 0 Å². The Bertz CT molecular complexity index is 400. The average Bonchev–Trinajstić information content (AvgIpc) is 3.31. The fourth-order valence-corrected chi connectivity index (χ4v) is 1.92. The van der Waals surface area contributed by atoms with E-state index in [0.717, 1.165) is 50.2 Å². The van der Waals surface area contributed by atoms with Crippen LogP contribution in [-0.4, -0.2) is 37.6 Å². The van der Waals surface area contributed by atoms with Gasteiger partial charge in [0.2, 0.25) is 0 Å². The number of rotatable bonds is 8. The normalized spacial score (nSPS) is 14.9. The second-order valence-corrected chi connectivity index (χ2v) is 5.17. The summed E-state index contributed by atoms with van der Waals surface area (Å²) in [5.41, 5.74) is 0. The highest BCUT2D eigenvalue weighted by Gasteiger charge is 2.20. The molecule has 20 heavy (non-hydrogen) atoms. The van der Waals surface area contributed by atoms with Crippen LogP contribution in [0.25, 0.3) is 0 Å². The van der Waals surface area contributed by atoms with Gasteiger partial charge in [-0.15, -0.1) is 0 Å². The standard InChI is InChI=1S/C15H25N5/c1-16-15(20-12-13-7-8-13)19-11-5-4-10-18-14-6-2-3-9-17-14/h2-3,6,9,13H,4-5,7-8,10-12H2,1H3,(H,17,18)(H2,16,19,20). The fraction of sp³-hybridized carbons (Fsp3) is 0.600. The Morgan fingerprint density at radius 3 is 2.80 bits per heavy atom. The first-order chi connectivity index (χ1) is 9.88. The van der Waals surface area contributed by atoms with Gasteiger partial charge in [0.05, 0.1) is 0 Å². The van der Waals surface area contributed by atoms with Crippen molar-refractivity contribution >= 4 is 11.8 Å². The van der Waals surface area contributed by atoms with Crippen LogP contribution in [-0.2, 0) is 0 Å². The van der Waals surface area contributed by atoms with Gasteiger partial charge in [-0.3, -0.25) is 4.99 Å². The lowest BCUT2D eigenvalue weighted by atomic mass is 10.3. The van der Waals surface area contributed by atoms with Gasteiger partial charge in [0.1, 0.15) is 5.82 Å². The lowest BCUT2D eigenvalue weighted by Crippen LogP contribution is -2.38. The zero-order chi connectivity index (χ0) is 14.0. The lowest BCUT2D eigenvalue weighted by molar-refractivity contribution is 0.696. The van der Waals surface area contributed by atoms with Crippen LogP contribution in [0.5, 0.6) is 0 Å². The van der Waals surface area contributed by atoms with E-state index in [9.17, 15) is 0 Å². The molecular formula is C15H25N5. The molecule has 3 N–H and O–H groups in total. The van der Waals surface area contributed by atoms with Crippen molar-refractivity contribution in [3.63, 3.8) is 0 Å². The maximum Gasteiger partial charge on any atom is 0.190 e. The first-order valence-electron chi connectivity index (χ1n) is 7.48. The number of aliphatic imine (C=N–C) groups is 1. The molecule has 1 fully saturated rings. The lowest BCUT2D eigenvalue weighted by Gasteiger charge is -2.11. The molecule has 0 atom stereocenters. The van der Waals surface area contributed by atoms with Crippen LogP contribution < -0.4 is 16.0 Å². The Kier molecular flexibility index (Phi) is 6.14. The van der Waals surface area contributed by atoms with Crippen molar-refractivity contribution in [3.05, 3.63) is 24.4 Å². The quantitative estimate of drug-likeness (QED) is 0.385. The summed E-state index contributed by atoms with van der Waals surface area (Å²) < 4.78 is 0. The van der Waals surface area contributed by atoms with Crippen LogP contribution in [0.4, 0.5) is 5.82 Å². The second kappa shape index (κ2) is 8.40. The second-order valence-electron chi connectivity index (χ2n) is 5.17. The van der Waals surface area contributed by atoms with E-state index in [4.69, 9.17) is 0 Å². The number of hydrogen-bond donors (Lipinski definition) is 3. The molecule has 1 aromatic rings. The number of nitrogens with zero attached hydrogens (tertiary/aromatic N) is 2. The first-order valence-corrected chi connectivity index (χ1v) is 7.48. The van der Waals surface area contributed by atoms with Crippen molar-refractivity contribution < 1.29 is 0 Å². The van der Waals surface area contributed by atoms with E-state index in [-0.39, 0.29) is 0 Å². The molecule has 1 aliphatic rings. The SMILES string of the molecule is CN=C(NCCCCNc1ccccn1)NCC1CC1. The van der Waals surface area contributed by atoms with Gasteiger partial charge in [-0.25, -0.2) is 4.98 Å². The molecule has 0 spiro atoms. The summed E-state index contributed by atoms with van der Waals surface area (Å²) in [4.78, 5) is 8.45. The van der Waals surface area contributed by atoms with Gasteiger partial charge >= 0.3 is 0 Å². The Morgan fingerprint density at radius 2 is 2.10 bits per heavy atom. The molecule has 0 saturated heterocycles. The predicted octanol–water partition coefficient (Wildman–Crippen LogP) is 1.85. The highest BCUT2D eigenvalue weighted by Crippen LogP contribution is 2.27. The van der Waals surface area contributed by atoms with Gasteiger partial charge in [0, 0.05) is 32.9 Å². The molecule has 5 nitrogen and oxygen atoms in total. The number of pyridine rings is 1. The number of hydrogen-bond acceptors (Lipinski definition) is 3. The van der Waals surface area contributed by atoms with Crippen molar-refractivity contribution in [2.24, 2.45) is 10.9 Å². The van der Waals surface area contributed by atoms with Crippen LogP contribution >= 0.6 is 0 Å². The third-order valence-electron chi connectivity index (χ3n) is 3.35. The van der Waals surface area contributed by atoms with Crippen molar-refractivity contribution in [3.8, 4) is 0 Å². The monoisotopic (exact) mass is 275 g/mol. The van der Waals surface area contributed by atoms with Crippen molar-refractivity contribution in [1.82, 2.24) is 15.6 Å². The minimum absolute atomic E-state index is 0.871. The average molecular weight is 275 g/mol. The van der Waals surface area contributed by atoms with E-state index in [1.807, 2.05) is 25.2 Å². The molecule has 1 aromatic heterocycles. The van der Waals surface area contributed by atoms with Gasteiger partial charge in [0.15, 0.2) is 5.96 Å². The molecule has 0 unspecified atom stereocenters. The number of nitrogens with one attached hydrogen (secondary N) is 3. The molecule has 0 aromatic carbocycles. The Balaban J connectivity index is 1.47. The maximum atomic E-state index is 4.23. The zero-order valence-electron chi connectivity index (χ0n) is 12.2. The smallest absolute Gasteiger partial charge is 0.190 e. The largest absolute Gasteiger partial charge is 0.370 e. The van der Waals surface area contributed by atoms with Crippen molar-refractivity contribution in [2.75, 3.05) is 32.0 Å². The molecule has 0 aliphatic heterocycles. The summed E-state index contributed by atoms with van der Waals surface area (Å²) in [6.45, 7) is 2.96. The van der Waals surface area contributed by atoms with E-state index in [2.05, 4.69) is 25.9 Å². The fourth-order valence-electron chi connectivity index (χ4n) is 1.92. The molecule has 1 aliphatic carbocycles. The number of anilines is 1. The molecule has 0 amide bonds. The van der Waals surface area contributed by atoms with Gasteiger partial charge in [0.25, 0.3) is 0 Å². The van der Waals surface area contributed by atoms with E-state index in [0.29, 0.717) is 0 Å². The van der Waals surface area contributed by atoms with Crippen LogP contribution in [0.3, 0.4) is 0 Å². The summed E-state index contributed by atoms with van der Waals surface area (Å²) in [7, 11) is 1.82. The van der Waals surface area contributed by atoms with Crippen LogP contribution in [0, 0.1) is 5.92 Å². The molecule has 5 heteroatoms. The summed E-state index contributed by atoms with van der Waals surface area (Å²) in [5, 5.41) is 10.0.